The van der Waals surface area contributed by atoms with Gasteiger partial charge in [0, 0.05) is 37.2 Å². The topological polar surface area (TPSA) is 137 Å². The van der Waals surface area contributed by atoms with Crippen LogP contribution in [0.5, 0.6) is 5.75 Å². The number of rotatable bonds is 9. The molecule has 0 aliphatic heterocycles. The first-order valence-corrected chi connectivity index (χ1v) is 11.7. The summed E-state index contributed by atoms with van der Waals surface area (Å²) in [6.45, 7) is 2.48. The molecule has 14 heteroatoms. The lowest BCUT2D eigenvalue weighted by Gasteiger charge is -2.26. The summed E-state index contributed by atoms with van der Waals surface area (Å²) in [7, 11) is 2.92. The number of methoxy groups -OCH3 is 1. The van der Waals surface area contributed by atoms with E-state index in [1.54, 1.807) is 24.9 Å². The molecule has 0 spiro atoms. The summed E-state index contributed by atoms with van der Waals surface area (Å²) in [6, 6.07) is 1.84. The van der Waals surface area contributed by atoms with Gasteiger partial charge in [-0.2, -0.15) is 5.10 Å². The highest BCUT2D eigenvalue weighted by molar-refractivity contribution is 6.31. The zero-order valence-electron chi connectivity index (χ0n) is 20.5. The number of anilines is 1. The summed E-state index contributed by atoms with van der Waals surface area (Å²) in [5.41, 5.74) is -0.479. The van der Waals surface area contributed by atoms with Crippen LogP contribution in [0.2, 0.25) is 5.02 Å². The number of nitrogens with zero attached hydrogens (tertiary/aromatic N) is 5. The molecule has 38 heavy (non-hydrogen) atoms. The van der Waals surface area contributed by atoms with Crippen molar-refractivity contribution in [2.45, 2.75) is 25.3 Å². The average molecular weight is 549 g/mol. The van der Waals surface area contributed by atoms with Crippen LogP contribution in [-0.4, -0.2) is 49.2 Å². The van der Waals surface area contributed by atoms with Crippen LogP contribution in [0.25, 0.3) is 0 Å². The van der Waals surface area contributed by atoms with E-state index >= 15 is 0 Å². The molecule has 200 valence electrons. The first-order valence-electron chi connectivity index (χ1n) is 11.3. The molecule has 0 radical (unpaired) electrons. The Labute approximate surface area is 219 Å². The zero-order chi connectivity index (χ0) is 27.6. The summed E-state index contributed by atoms with van der Waals surface area (Å²) < 4.78 is 40.7. The Kier molecular flexibility index (Phi) is 7.88. The number of ether oxygens (including phenoxy) is 1. The van der Waals surface area contributed by atoms with Gasteiger partial charge in [0.15, 0.2) is 17.3 Å². The van der Waals surface area contributed by atoms with Gasteiger partial charge in [0.2, 0.25) is 5.75 Å². The Hall–Kier alpha value is -4.10. The third-order valence-electron chi connectivity index (χ3n) is 6.03. The Morgan fingerprint density at radius 1 is 1.29 bits per heavy atom. The average Bonchev–Trinajstić information content (AvgIpc) is 3.57. The van der Waals surface area contributed by atoms with Gasteiger partial charge >= 0.3 is 0 Å². The van der Waals surface area contributed by atoms with Crippen molar-refractivity contribution in [2.75, 3.05) is 19.0 Å². The summed E-state index contributed by atoms with van der Waals surface area (Å²) >= 11 is 6.36. The first kappa shape index (κ1) is 26.9. The van der Waals surface area contributed by atoms with Crippen LogP contribution in [-0.2, 0) is 18.3 Å². The van der Waals surface area contributed by atoms with Gasteiger partial charge in [0.05, 0.1) is 25.5 Å². The van der Waals surface area contributed by atoms with E-state index in [1.165, 1.54) is 19.4 Å². The van der Waals surface area contributed by atoms with E-state index in [-0.39, 0.29) is 22.1 Å². The van der Waals surface area contributed by atoms with Crippen molar-refractivity contribution < 1.29 is 27.9 Å². The number of aromatic hydroxyl groups is 1. The van der Waals surface area contributed by atoms with Gasteiger partial charge in [0.25, 0.3) is 11.5 Å². The van der Waals surface area contributed by atoms with Crippen LogP contribution >= 0.6 is 11.6 Å². The van der Waals surface area contributed by atoms with Crippen molar-refractivity contribution in [3.05, 3.63) is 86.6 Å². The van der Waals surface area contributed by atoms with Crippen molar-refractivity contribution in [2.24, 2.45) is 7.05 Å². The lowest BCUT2D eigenvalue weighted by atomic mass is 9.82. The normalized spacial score (nSPS) is 12.9. The Bertz CT molecular complexity index is 1520. The SMILES string of the molecule is COCCn1cc(C(c2cc(F)c(F)cc2Cl)C(C)c2nc(C(=O)Nc3cnoc3)c(O)c(=O)n2C)cn1. The van der Waals surface area contributed by atoms with Crippen molar-refractivity contribution >= 4 is 23.2 Å². The largest absolute Gasteiger partial charge is 0.501 e. The molecule has 1 aromatic carbocycles. The lowest BCUT2D eigenvalue weighted by molar-refractivity contribution is 0.101. The predicted octanol–water partition coefficient (Wildman–Crippen LogP) is 3.44. The second-order valence-electron chi connectivity index (χ2n) is 8.48. The van der Waals surface area contributed by atoms with E-state index in [1.807, 2.05) is 0 Å². The third kappa shape index (κ3) is 5.29. The molecule has 4 aromatic rings. The molecule has 2 atom stereocenters. The molecule has 2 N–H and O–H groups in total. The van der Waals surface area contributed by atoms with E-state index in [0.29, 0.717) is 18.7 Å². The number of amides is 1. The van der Waals surface area contributed by atoms with E-state index in [0.717, 1.165) is 23.0 Å². The van der Waals surface area contributed by atoms with Crippen LogP contribution in [0.4, 0.5) is 14.5 Å². The highest BCUT2D eigenvalue weighted by atomic mass is 35.5. The van der Waals surface area contributed by atoms with Crippen LogP contribution < -0.4 is 10.9 Å². The molecule has 4 rings (SSSR count). The Morgan fingerprint density at radius 3 is 2.71 bits per heavy atom. The number of hydrogen-bond donors (Lipinski definition) is 2. The first-order chi connectivity index (χ1) is 18.1. The fourth-order valence-electron chi connectivity index (χ4n) is 4.14. The van der Waals surface area contributed by atoms with Gasteiger partial charge in [-0.05, 0) is 23.3 Å². The molecule has 0 saturated carbocycles. The third-order valence-corrected chi connectivity index (χ3v) is 6.35. The molecule has 11 nitrogen and oxygen atoms in total. The maximum atomic E-state index is 14.4. The lowest BCUT2D eigenvalue weighted by Crippen LogP contribution is -2.29. The fraction of sp³-hybridized carbons (Fsp3) is 0.292. The Morgan fingerprint density at radius 2 is 2.03 bits per heavy atom. The molecule has 3 heterocycles. The van der Waals surface area contributed by atoms with Crippen molar-refractivity contribution in [3.8, 4) is 5.75 Å². The zero-order valence-corrected chi connectivity index (χ0v) is 21.2. The highest BCUT2D eigenvalue weighted by Gasteiger charge is 2.32. The minimum Gasteiger partial charge on any atom is -0.501 e. The summed E-state index contributed by atoms with van der Waals surface area (Å²) in [4.78, 5) is 30.0. The van der Waals surface area contributed by atoms with Crippen LogP contribution in [0, 0.1) is 11.6 Å². The molecule has 0 aliphatic carbocycles. The summed E-state index contributed by atoms with van der Waals surface area (Å²) in [6.07, 6.45) is 5.60. The minimum absolute atomic E-state index is 0.0559. The summed E-state index contributed by atoms with van der Waals surface area (Å²) in [5, 5.41) is 20.6. The van der Waals surface area contributed by atoms with Gasteiger partial charge in [-0.25, -0.2) is 13.8 Å². The maximum absolute atomic E-state index is 14.4. The molecule has 1 amide bonds. The molecule has 0 bridgehead atoms. The second kappa shape index (κ2) is 11.1. The van der Waals surface area contributed by atoms with E-state index in [2.05, 4.69) is 25.1 Å². The smallest absolute Gasteiger partial charge is 0.296 e. The van der Waals surface area contributed by atoms with E-state index in [4.69, 9.17) is 16.3 Å². The molecule has 2 unspecified atom stereocenters. The Balaban J connectivity index is 1.84. The summed E-state index contributed by atoms with van der Waals surface area (Å²) in [5.74, 6) is -5.46. The molecule has 0 fully saturated rings. The monoisotopic (exact) mass is 548 g/mol. The minimum atomic E-state index is -1.12. The maximum Gasteiger partial charge on any atom is 0.296 e. The molecule has 3 aromatic heterocycles. The van der Waals surface area contributed by atoms with Crippen molar-refractivity contribution in [1.29, 1.82) is 0 Å². The van der Waals surface area contributed by atoms with E-state index in [9.17, 15) is 23.5 Å². The number of nitrogens with one attached hydrogen (secondary N) is 1. The van der Waals surface area contributed by atoms with Gasteiger partial charge in [-0.1, -0.05) is 23.7 Å². The van der Waals surface area contributed by atoms with Gasteiger partial charge < -0.3 is 19.7 Å². The number of halogens is 3. The van der Waals surface area contributed by atoms with Gasteiger partial charge in [-0.15, -0.1) is 0 Å². The van der Waals surface area contributed by atoms with Crippen molar-refractivity contribution in [1.82, 2.24) is 24.5 Å². The predicted molar refractivity (Wildman–Crippen MR) is 131 cm³/mol. The second-order valence-corrected chi connectivity index (χ2v) is 8.89. The number of carbonyl (C=O) groups is 1. The molecular formula is C24H23ClF2N6O5. The van der Waals surface area contributed by atoms with Crippen molar-refractivity contribution in [3.63, 3.8) is 0 Å². The van der Waals surface area contributed by atoms with E-state index < -0.39 is 46.4 Å². The number of carbonyl (C=O) groups excluding carboxylic acids is 1. The quantitative estimate of drug-likeness (QED) is 0.303. The van der Waals surface area contributed by atoms with Gasteiger partial charge in [-0.3, -0.25) is 18.8 Å². The van der Waals surface area contributed by atoms with Crippen LogP contribution in [0.3, 0.4) is 0 Å². The number of aromatic nitrogens is 5. The van der Waals surface area contributed by atoms with Gasteiger partial charge in [0.1, 0.15) is 17.8 Å². The molecular weight excluding hydrogens is 526 g/mol. The standard InChI is InChI=1S/C24H23ClF2N6O5/c1-12(22-31-20(21(34)24(36)32(22)2)23(35)30-14-9-29-38-11-14)19(13-8-28-33(10-13)4-5-37-3)15-6-17(26)18(27)7-16(15)25/h6-12,19,34H,4-5H2,1-3H3,(H,30,35). The van der Waals surface area contributed by atoms with Crippen LogP contribution in [0.15, 0.2) is 46.3 Å². The fourth-order valence-corrected chi connectivity index (χ4v) is 4.41. The highest BCUT2D eigenvalue weighted by Crippen LogP contribution is 2.41. The van der Waals surface area contributed by atoms with Crippen LogP contribution in [0.1, 0.15) is 46.2 Å². The molecule has 0 saturated heterocycles. The number of benzene rings is 1. The molecule has 0 aliphatic rings. The number of hydrogen-bond acceptors (Lipinski definition) is 8.